The smallest absolute Gasteiger partial charge is 0.422 e. The lowest BCUT2D eigenvalue weighted by Crippen LogP contribution is -2.35. The predicted molar refractivity (Wildman–Crippen MR) is 65.7 cm³/mol. The molecule has 3 N–H and O–H groups in total. The van der Waals surface area contributed by atoms with Gasteiger partial charge >= 0.3 is 16.3 Å². The topological polar surface area (TPSA) is 105 Å². The maximum atomic E-state index is 11.5. The summed E-state index contributed by atoms with van der Waals surface area (Å²) in [6.45, 7) is 3.38. The highest BCUT2D eigenvalue weighted by molar-refractivity contribution is 7.91. The summed E-state index contributed by atoms with van der Waals surface area (Å²) < 4.78 is 30.8. The third-order valence-electron chi connectivity index (χ3n) is 2.09. The fourth-order valence-electron chi connectivity index (χ4n) is 1.36. The minimum atomic E-state index is -4.14. The van der Waals surface area contributed by atoms with Gasteiger partial charge in [0.1, 0.15) is 5.75 Å². The first-order valence-electron chi connectivity index (χ1n) is 4.94. The fraction of sp³-hybridized carbons (Fsp3) is 0.300. The van der Waals surface area contributed by atoms with Gasteiger partial charge in [-0.2, -0.15) is 8.42 Å². The molecule has 0 atom stereocenters. The van der Waals surface area contributed by atoms with Crippen molar-refractivity contribution >= 4 is 22.0 Å². The Morgan fingerprint density at radius 1 is 1.33 bits per heavy atom. The van der Waals surface area contributed by atoms with Crippen LogP contribution in [0.1, 0.15) is 11.1 Å². The van der Waals surface area contributed by atoms with E-state index >= 15 is 0 Å². The second-order valence-corrected chi connectivity index (χ2v) is 5.09. The van der Waals surface area contributed by atoms with Crippen molar-refractivity contribution in [3.63, 3.8) is 0 Å². The Labute approximate surface area is 105 Å². The number of phenols is 1. The van der Waals surface area contributed by atoms with E-state index < -0.39 is 16.3 Å². The Morgan fingerprint density at radius 3 is 2.50 bits per heavy atom. The van der Waals surface area contributed by atoms with Crippen LogP contribution >= 0.6 is 0 Å². The SMILES string of the molecule is COC(=O)NS(=O)(=O)Nc1cc(C)cc(C)c1O. The number of aromatic hydroxyl groups is 1. The van der Waals surface area contributed by atoms with E-state index in [-0.39, 0.29) is 11.4 Å². The molecule has 0 saturated carbocycles. The highest BCUT2D eigenvalue weighted by atomic mass is 32.2. The molecular formula is C10H14N2O5S. The van der Waals surface area contributed by atoms with E-state index in [9.17, 15) is 18.3 Å². The Bertz CT molecular complexity index is 568. The number of hydrogen-bond donors (Lipinski definition) is 3. The van der Waals surface area contributed by atoms with Gasteiger partial charge in [-0.3, -0.25) is 4.72 Å². The summed E-state index contributed by atoms with van der Waals surface area (Å²) in [4.78, 5) is 10.8. The predicted octanol–water partition coefficient (Wildman–Crippen LogP) is 1.02. The number of ether oxygens (including phenoxy) is 1. The average molecular weight is 274 g/mol. The van der Waals surface area contributed by atoms with Gasteiger partial charge in [0.05, 0.1) is 12.8 Å². The molecule has 0 saturated heterocycles. The number of nitrogens with one attached hydrogen (secondary N) is 2. The van der Waals surface area contributed by atoms with Crippen molar-refractivity contribution in [3.8, 4) is 5.75 Å². The quantitative estimate of drug-likeness (QED) is 0.714. The molecule has 0 aliphatic carbocycles. The fourth-order valence-corrected chi connectivity index (χ4v) is 2.16. The number of methoxy groups -OCH3 is 1. The van der Waals surface area contributed by atoms with Crippen LogP contribution in [-0.2, 0) is 14.9 Å². The maximum Gasteiger partial charge on any atom is 0.422 e. The molecule has 1 aromatic rings. The van der Waals surface area contributed by atoms with Crippen molar-refractivity contribution in [3.05, 3.63) is 23.3 Å². The average Bonchev–Trinajstić information content (AvgIpc) is 2.23. The van der Waals surface area contributed by atoms with Gasteiger partial charge in [0.2, 0.25) is 0 Å². The second kappa shape index (κ2) is 5.13. The summed E-state index contributed by atoms with van der Waals surface area (Å²) in [5.41, 5.74) is 1.27. The molecule has 1 rings (SSSR count). The van der Waals surface area contributed by atoms with Gasteiger partial charge < -0.3 is 9.84 Å². The van der Waals surface area contributed by atoms with Gasteiger partial charge in [-0.05, 0) is 31.0 Å². The molecule has 0 aliphatic rings. The summed E-state index contributed by atoms with van der Waals surface area (Å²) in [5, 5.41) is 9.71. The van der Waals surface area contributed by atoms with E-state index in [4.69, 9.17) is 0 Å². The second-order valence-electron chi connectivity index (χ2n) is 3.68. The molecule has 0 fully saturated rings. The zero-order chi connectivity index (χ0) is 13.9. The number of anilines is 1. The molecule has 0 heterocycles. The monoisotopic (exact) mass is 274 g/mol. The number of hydrogen-bond acceptors (Lipinski definition) is 5. The van der Waals surface area contributed by atoms with Crippen LogP contribution in [0, 0.1) is 13.8 Å². The number of aryl methyl sites for hydroxylation is 2. The van der Waals surface area contributed by atoms with E-state index in [1.165, 1.54) is 6.07 Å². The minimum absolute atomic E-state index is 0.0103. The Hall–Kier alpha value is -1.96. The van der Waals surface area contributed by atoms with Crippen LogP contribution in [0.15, 0.2) is 12.1 Å². The summed E-state index contributed by atoms with van der Waals surface area (Å²) in [5.74, 6) is -0.198. The number of carbonyl (C=O) groups is 1. The number of benzene rings is 1. The zero-order valence-electron chi connectivity index (χ0n) is 10.1. The highest BCUT2D eigenvalue weighted by Crippen LogP contribution is 2.29. The van der Waals surface area contributed by atoms with Gasteiger partial charge in [0.25, 0.3) is 0 Å². The summed E-state index contributed by atoms with van der Waals surface area (Å²) in [6.07, 6.45) is -1.12. The van der Waals surface area contributed by atoms with Crippen molar-refractivity contribution in [1.82, 2.24) is 4.72 Å². The molecule has 1 aromatic carbocycles. The van der Waals surface area contributed by atoms with Gasteiger partial charge in [-0.1, -0.05) is 6.07 Å². The Balaban J connectivity index is 3.01. The van der Waals surface area contributed by atoms with Crippen molar-refractivity contribution in [2.24, 2.45) is 0 Å². The Morgan fingerprint density at radius 2 is 1.94 bits per heavy atom. The molecule has 7 nitrogen and oxygen atoms in total. The largest absolute Gasteiger partial charge is 0.505 e. The number of rotatable bonds is 3. The molecule has 1 amide bonds. The van der Waals surface area contributed by atoms with Crippen LogP contribution in [0.2, 0.25) is 0 Å². The maximum absolute atomic E-state index is 11.5. The lowest BCUT2D eigenvalue weighted by Gasteiger charge is -2.12. The van der Waals surface area contributed by atoms with Crippen LogP contribution in [0.5, 0.6) is 5.75 Å². The summed E-state index contributed by atoms with van der Waals surface area (Å²) in [6, 6.07) is 3.14. The third-order valence-corrected chi connectivity index (χ3v) is 3.02. The third kappa shape index (κ3) is 3.52. The van der Waals surface area contributed by atoms with Crippen molar-refractivity contribution in [2.75, 3.05) is 11.8 Å². The van der Waals surface area contributed by atoms with Crippen molar-refractivity contribution in [1.29, 1.82) is 0 Å². The van der Waals surface area contributed by atoms with Crippen LogP contribution in [0.4, 0.5) is 10.5 Å². The van der Waals surface area contributed by atoms with Gasteiger partial charge in [0, 0.05) is 0 Å². The Kier molecular flexibility index (Phi) is 4.02. The molecule has 100 valence electrons. The molecule has 0 radical (unpaired) electrons. The molecule has 0 spiro atoms. The van der Waals surface area contributed by atoms with E-state index in [2.05, 4.69) is 4.74 Å². The first kappa shape index (κ1) is 14.1. The molecule has 0 unspecified atom stereocenters. The van der Waals surface area contributed by atoms with Gasteiger partial charge in [0.15, 0.2) is 0 Å². The number of carbonyl (C=O) groups excluding carboxylic acids is 1. The molecule has 0 bridgehead atoms. The van der Waals surface area contributed by atoms with E-state index in [0.717, 1.165) is 12.7 Å². The van der Waals surface area contributed by atoms with Crippen molar-refractivity contribution < 1.29 is 23.1 Å². The highest BCUT2D eigenvalue weighted by Gasteiger charge is 2.17. The first-order chi connectivity index (χ1) is 8.25. The van der Waals surface area contributed by atoms with Crippen LogP contribution in [0.25, 0.3) is 0 Å². The lowest BCUT2D eigenvalue weighted by molar-refractivity contribution is 0.177. The van der Waals surface area contributed by atoms with E-state index in [1.807, 2.05) is 4.72 Å². The van der Waals surface area contributed by atoms with E-state index in [0.29, 0.717) is 5.56 Å². The molecule has 0 aliphatic heterocycles. The first-order valence-corrected chi connectivity index (χ1v) is 6.42. The summed E-state index contributed by atoms with van der Waals surface area (Å²) >= 11 is 0. The van der Waals surface area contributed by atoms with E-state index in [1.54, 1.807) is 24.6 Å². The van der Waals surface area contributed by atoms with Crippen LogP contribution < -0.4 is 9.44 Å². The number of amides is 1. The van der Waals surface area contributed by atoms with Crippen molar-refractivity contribution in [2.45, 2.75) is 13.8 Å². The molecule has 18 heavy (non-hydrogen) atoms. The lowest BCUT2D eigenvalue weighted by atomic mass is 10.1. The van der Waals surface area contributed by atoms with Crippen LogP contribution in [-0.4, -0.2) is 26.7 Å². The van der Waals surface area contributed by atoms with Gasteiger partial charge in [-0.15, -0.1) is 0 Å². The standard InChI is InChI=1S/C10H14N2O5S/c1-6-4-7(2)9(13)8(5-6)11-18(15,16)12-10(14)17-3/h4-5,11,13H,1-3H3,(H,12,14). The van der Waals surface area contributed by atoms with Crippen LogP contribution in [0.3, 0.4) is 0 Å². The normalized spacial score (nSPS) is 10.8. The number of phenolic OH excluding ortho intramolecular Hbond substituents is 1. The zero-order valence-corrected chi connectivity index (χ0v) is 11.0. The molecule has 0 aromatic heterocycles. The van der Waals surface area contributed by atoms with Gasteiger partial charge in [-0.25, -0.2) is 9.52 Å². The molecule has 8 heteroatoms. The summed E-state index contributed by atoms with van der Waals surface area (Å²) in [7, 11) is -3.10. The molecular weight excluding hydrogens is 260 g/mol. The minimum Gasteiger partial charge on any atom is -0.505 e.